The minimum atomic E-state index is 0.250. The molecular weight excluding hydrogens is 204 g/mol. The third-order valence-electron chi connectivity index (χ3n) is 2.25. The summed E-state index contributed by atoms with van der Waals surface area (Å²) in [5, 5.41) is 2.02. The largest absolute Gasteiger partial charge is 0.295 e. The first-order chi connectivity index (χ1) is 7.33. The van der Waals surface area contributed by atoms with Crippen molar-refractivity contribution in [3.8, 4) is 0 Å². The van der Waals surface area contributed by atoms with Crippen LogP contribution in [0.4, 0.5) is 0 Å². The minimum absolute atomic E-state index is 0.250. The Hall–Kier alpha value is -0.890. The Kier molecular flexibility index (Phi) is 6.02. The molecule has 15 heavy (non-hydrogen) atoms. The van der Waals surface area contributed by atoms with E-state index in [1.807, 2.05) is 23.6 Å². The number of unbranched alkanes of at least 4 members (excludes halogenated alkanes) is 3. The van der Waals surface area contributed by atoms with Crippen LogP contribution in [0.15, 0.2) is 23.6 Å². The molecule has 0 aliphatic rings. The van der Waals surface area contributed by atoms with E-state index in [0.29, 0.717) is 6.42 Å². The highest BCUT2D eigenvalue weighted by molar-refractivity contribution is 7.10. The molecular formula is C13H18OS. The number of hydrogen-bond acceptors (Lipinski definition) is 2. The van der Waals surface area contributed by atoms with Crippen molar-refractivity contribution >= 4 is 23.2 Å². The van der Waals surface area contributed by atoms with E-state index in [4.69, 9.17) is 0 Å². The molecule has 1 rings (SSSR count). The van der Waals surface area contributed by atoms with Crippen molar-refractivity contribution in [2.45, 2.75) is 39.0 Å². The Balaban J connectivity index is 2.18. The zero-order chi connectivity index (χ0) is 10.9. The molecule has 0 bridgehead atoms. The summed E-state index contributed by atoms with van der Waals surface area (Å²) in [7, 11) is 0. The summed E-state index contributed by atoms with van der Waals surface area (Å²) < 4.78 is 0. The molecule has 0 spiro atoms. The standard InChI is InChI=1S/C13H18OS/c1-2-3-4-5-7-12(14)9-10-13-8-6-11-15-13/h6,8-11H,2-5,7H2,1H3. The average Bonchev–Trinajstić information content (AvgIpc) is 2.74. The highest BCUT2D eigenvalue weighted by Gasteiger charge is 1.96. The number of ketones is 1. The smallest absolute Gasteiger partial charge is 0.155 e. The van der Waals surface area contributed by atoms with Crippen molar-refractivity contribution in [2.75, 3.05) is 0 Å². The lowest BCUT2D eigenvalue weighted by Gasteiger charge is -1.95. The second-order valence-corrected chi connectivity index (χ2v) is 4.60. The fourth-order valence-corrected chi connectivity index (χ4v) is 1.99. The van der Waals surface area contributed by atoms with Gasteiger partial charge >= 0.3 is 0 Å². The van der Waals surface area contributed by atoms with Crippen LogP contribution in [0.1, 0.15) is 43.9 Å². The van der Waals surface area contributed by atoms with Gasteiger partial charge in [0.25, 0.3) is 0 Å². The lowest BCUT2D eigenvalue weighted by atomic mass is 10.1. The number of rotatable bonds is 7. The fourth-order valence-electron chi connectivity index (χ4n) is 1.37. The summed E-state index contributed by atoms with van der Waals surface area (Å²) in [6, 6.07) is 4.02. The van der Waals surface area contributed by atoms with E-state index >= 15 is 0 Å². The van der Waals surface area contributed by atoms with Crippen LogP contribution in [0.2, 0.25) is 0 Å². The molecule has 0 saturated carbocycles. The number of carbonyl (C=O) groups excluding carboxylic acids is 1. The van der Waals surface area contributed by atoms with Gasteiger partial charge in [-0.2, -0.15) is 0 Å². The Labute approximate surface area is 95.8 Å². The lowest BCUT2D eigenvalue weighted by molar-refractivity contribution is -0.114. The molecule has 0 amide bonds. The van der Waals surface area contributed by atoms with E-state index in [2.05, 4.69) is 6.92 Å². The van der Waals surface area contributed by atoms with Gasteiger partial charge in [-0.25, -0.2) is 0 Å². The van der Waals surface area contributed by atoms with Crippen molar-refractivity contribution in [3.05, 3.63) is 28.5 Å². The van der Waals surface area contributed by atoms with Crippen LogP contribution in [0.25, 0.3) is 6.08 Å². The highest BCUT2D eigenvalue weighted by Crippen LogP contribution is 2.11. The molecule has 0 unspecified atom stereocenters. The molecule has 0 aromatic carbocycles. The Morgan fingerprint density at radius 2 is 2.27 bits per heavy atom. The summed E-state index contributed by atoms with van der Waals surface area (Å²) in [4.78, 5) is 12.6. The van der Waals surface area contributed by atoms with Crippen molar-refractivity contribution in [1.29, 1.82) is 0 Å². The predicted octanol–water partition coefficient (Wildman–Crippen LogP) is 4.30. The topological polar surface area (TPSA) is 17.1 Å². The van der Waals surface area contributed by atoms with Crippen LogP contribution in [0.5, 0.6) is 0 Å². The van der Waals surface area contributed by atoms with Gasteiger partial charge in [-0.05, 0) is 30.0 Å². The molecule has 1 aromatic rings. The number of carbonyl (C=O) groups is 1. The summed E-state index contributed by atoms with van der Waals surface area (Å²) in [5.74, 6) is 0.250. The summed E-state index contributed by atoms with van der Waals surface area (Å²) in [6.45, 7) is 2.18. The molecule has 0 atom stereocenters. The first kappa shape index (κ1) is 12.2. The molecule has 2 heteroatoms. The molecule has 82 valence electrons. The zero-order valence-electron chi connectivity index (χ0n) is 9.24. The average molecular weight is 222 g/mol. The Bertz CT molecular complexity index is 298. The van der Waals surface area contributed by atoms with Crippen molar-refractivity contribution < 1.29 is 4.79 Å². The van der Waals surface area contributed by atoms with E-state index in [-0.39, 0.29) is 5.78 Å². The first-order valence-corrected chi connectivity index (χ1v) is 6.45. The molecule has 1 aromatic heterocycles. The van der Waals surface area contributed by atoms with Gasteiger partial charge in [-0.3, -0.25) is 4.79 Å². The maximum absolute atomic E-state index is 11.4. The summed E-state index contributed by atoms with van der Waals surface area (Å²) in [6.07, 6.45) is 8.98. The van der Waals surface area contributed by atoms with Crippen LogP contribution in [-0.4, -0.2) is 5.78 Å². The van der Waals surface area contributed by atoms with Crippen molar-refractivity contribution in [1.82, 2.24) is 0 Å². The zero-order valence-corrected chi connectivity index (χ0v) is 10.1. The van der Waals surface area contributed by atoms with E-state index < -0.39 is 0 Å². The van der Waals surface area contributed by atoms with Gasteiger partial charge in [0.2, 0.25) is 0 Å². The second-order valence-electron chi connectivity index (χ2n) is 3.63. The normalized spacial score (nSPS) is 11.0. The molecule has 1 heterocycles. The lowest BCUT2D eigenvalue weighted by Crippen LogP contribution is -1.91. The van der Waals surface area contributed by atoms with Gasteiger partial charge in [-0.15, -0.1) is 11.3 Å². The number of hydrogen-bond donors (Lipinski definition) is 0. The minimum Gasteiger partial charge on any atom is -0.295 e. The SMILES string of the molecule is CCCCCCC(=O)C=Cc1cccs1. The van der Waals surface area contributed by atoms with Gasteiger partial charge < -0.3 is 0 Å². The highest BCUT2D eigenvalue weighted by atomic mass is 32.1. The molecule has 0 saturated heterocycles. The monoisotopic (exact) mass is 222 g/mol. The number of thiophene rings is 1. The molecule has 0 aliphatic heterocycles. The van der Waals surface area contributed by atoms with Crippen LogP contribution < -0.4 is 0 Å². The van der Waals surface area contributed by atoms with Crippen molar-refractivity contribution in [3.63, 3.8) is 0 Å². The first-order valence-electron chi connectivity index (χ1n) is 5.57. The number of allylic oxidation sites excluding steroid dienone is 1. The maximum Gasteiger partial charge on any atom is 0.155 e. The second kappa shape index (κ2) is 7.41. The van der Waals surface area contributed by atoms with E-state index in [1.54, 1.807) is 17.4 Å². The van der Waals surface area contributed by atoms with Gasteiger partial charge in [0.1, 0.15) is 0 Å². The van der Waals surface area contributed by atoms with E-state index in [9.17, 15) is 4.79 Å². The summed E-state index contributed by atoms with van der Waals surface area (Å²) in [5.41, 5.74) is 0. The van der Waals surface area contributed by atoms with E-state index in [0.717, 1.165) is 11.3 Å². The summed E-state index contributed by atoms with van der Waals surface area (Å²) >= 11 is 1.66. The Morgan fingerprint density at radius 3 is 2.93 bits per heavy atom. The van der Waals surface area contributed by atoms with Gasteiger partial charge in [0, 0.05) is 11.3 Å². The maximum atomic E-state index is 11.4. The van der Waals surface area contributed by atoms with Gasteiger partial charge in [-0.1, -0.05) is 32.3 Å². The van der Waals surface area contributed by atoms with Crippen LogP contribution >= 0.6 is 11.3 Å². The van der Waals surface area contributed by atoms with Crippen LogP contribution in [0, 0.1) is 0 Å². The third-order valence-corrected chi connectivity index (χ3v) is 3.09. The van der Waals surface area contributed by atoms with Crippen molar-refractivity contribution in [2.24, 2.45) is 0 Å². The molecule has 1 nitrogen and oxygen atoms in total. The molecule has 0 aliphatic carbocycles. The third kappa shape index (κ3) is 5.53. The predicted molar refractivity (Wildman–Crippen MR) is 67.1 cm³/mol. The van der Waals surface area contributed by atoms with Crippen LogP contribution in [-0.2, 0) is 4.79 Å². The van der Waals surface area contributed by atoms with Gasteiger partial charge in [0.05, 0.1) is 0 Å². The Morgan fingerprint density at radius 1 is 1.40 bits per heavy atom. The molecule has 0 fully saturated rings. The van der Waals surface area contributed by atoms with Gasteiger partial charge in [0.15, 0.2) is 5.78 Å². The molecule has 0 N–H and O–H groups in total. The fraction of sp³-hybridized carbons (Fsp3) is 0.462. The molecule has 0 radical (unpaired) electrons. The van der Waals surface area contributed by atoms with Crippen LogP contribution in [0.3, 0.4) is 0 Å². The quantitative estimate of drug-likeness (QED) is 0.496. The van der Waals surface area contributed by atoms with E-state index in [1.165, 1.54) is 19.3 Å².